The Morgan fingerprint density at radius 3 is 0.945 bits per heavy atom. The summed E-state index contributed by atoms with van der Waals surface area (Å²) in [5.41, 5.74) is 46.6. The van der Waals surface area contributed by atoms with E-state index in [4.69, 9.17) is 19.9 Å². The number of fused-ring (bicyclic) bond motifs is 16. The minimum absolute atomic E-state index is 0. The van der Waals surface area contributed by atoms with Gasteiger partial charge in [-0.15, -0.1) is 0 Å². The van der Waals surface area contributed by atoms with E-state index in [0.29, 0.717) is 0 Å². The van der Waals surface area contributed by atoms with Crippen LogP contribution in [-0.2, 0) is 39.0 Å². The predicted octanol–water partition coefficient (Wildman–Crippen LogP) is 25.9. The molecule has 0 fully saturated rings. The molecule has 4 aliphatic rings. The fraction of sp³-hybridized carbons (Fsp3) is 0.120. The smallest absolute Gasteiger partial charge is 0.0737 e. The van der Waals surface area contributed by atoms with Gasteiger partial charge in [-0.05, 0) is 282 Å². The fourth-order valence-corrected chi connectivity index (χ4v) is 17.3. The van der Waals surface area contributed by atoms with Gasteiger partial charge in [0.2, 0.25) is 0 Å². The molecular weight excluding hydrogens is 1440 g/mol. The molecule has 14 aromatic rings. The van der Waals surface area contributed by atoms with Gasteiger partial charge in [0.15, 0.2) is 0 Å². The van der Waals surface area contributed by atoms with Gasteiger partial charge in [0.05, 0.1) is 73.3 Å². The number of aryl methyl sites for hydroxylation is 12. The third-order valence-electron chi connectivity index (χ3n) is 21.2. The molecule has 0 aliphatic carbocycles. The second-order valence-corrected chi connectivity index (χ2v) is 29.6. The van der Waals surface area contributed by atoms with Crippen LogP contribution < -0.4 is 0 Å². The third kappa shape index (κ3) is 13.9. The third-order valence-corrected chi connectivity index (χ3v) is 21.2. The van der Waals surface area contributed by atoms with Crippen LogP contribution in [0.5, 0.6) is 0 Å². The van der Waals surface area contributed by atoms with Gasteiger partial charge in [0, 0.05) is 100 Å². The van der Waals surface area contributed by atoms with Gasteiger partial charge in [0.1, 0.15) is 0 Å². The Hall–Kier alpha value is -11.8. The van der Waals surface area contributed by atoms with Crippen LogP contribution >= 0.6 is 0 Å². The van der Waals surface area contributed by atoms with E-state index in [1.807, 2.05) is 0 Å². The van der Waals surface area contributed by atoms with Crippen LogP contribution in [0.25, 0.3) is 171 Å². The number of aromatic amines is 2. The molecular formula is C100H84N8Zn2. The zero-order valence-corrected chi connectivity index (χ0v) is 70.6. The van der Waals surface area contributed by atoms with Crippen LogP contribution in [0.2, 0.25) is 0 Å². The molecule has 18 rings (SSSR count). The zero-order valence-electron chi connectivity index (χ0n) is 64.7. The standard InChI is InChI=1S/C56H54N4.C44H30N4.2Zn/c1-30-19-34(5)49(35(6)20-30)52-47-18-17-45(59-47)28-44-14-13-42(57-44)27-43-15-16-46(58-43)29-48-53(50-36(7)21-31(2)22-37(50)8)54(51-38(9)23-32(3)24-39(51)10)56(52)60(48)55-40(11)25-33(4)26-41(55)12;1-5-13-30(14-6-1)41-39-26-25-36(47-39)28-35-22-21-33(45-35)27-34-23-24-37(46-34)29-40-42(31-15-7-2-8-16-31)43(32-17-9-3-10-18-32)44(41)48(40)38-19-11-4-12-20-38;;/h13-29,57H,1-12H3;1-29,45H;;. The van der Waals surface area contributed by atoms with Crippen molar-refractivity contribution in [3.8, 4) is 78.1 Å². The van der Waals surface area contributed by atoms with E-state index < -0.39 is 0 Å². The number of nitrogens with zero attached hydrogens (tertiary/aromatic N) is 6. The van der Waals surface area contributed by atoms with Crippen molar-refractivity contribution in [3.05, 3.63) is 343 Å². The molecule has 2 N–H and O–H groups in total. The summed E-state index contributed by atoms with van der Waals surface area (Å²) in [5.74, 6) is 0. The molecule has 0 radical (unpaired) electrons. The number of nitrogens with one attached hydrogen (secondary N) is 2. The van der Waals surface area contributed by atoms with Gasteiger partial charge in [0.25, 0.3) is 0 Å². The first kappa shape index (κ1) is 73.7. The Bertz CT molecular complexity index is 6450. The van der Waals surface area contributed by atoms with Crippen molar-refractivity contribution < 1.29 is 39.0 Å². The number of para-hydroxylation sites is 1. The predicted molar refractivity (Wildman–Crippen MR) is 457 cm³/mol. The molecule has 4 aliphatic heterocycles. The number of hydrogen-bond donors (Lipinski definition) is 2. The number of rotatable bonds is 8. The summed E-state index contributed by atoms with van der Waals surface area (Å²) in [7, 11) is 0. The maximum absolute atomic E-state index is 5.56. The molecule has 0 unspecified atom stereocenters. The molecule has 0 spiro atoms. The minimum Gasteiger partial charge on any atom is -0.355 e. The van der Waals surface area contributed by atoms with Gasteiger partial charge in [-0.1, -0.05) is 180 Å². The Morgan fingerprint density at radius 1 is 0.236 bits per heavy atom. The van der Waals surface area contributed by atoms with E-state index in [0.717, 1.165) is 134 Å². The maximum Gasteiger partial charge on any atom is 0.0737 e. The van der Waals surface area contributed by atoms with Crippen LogP contribution in [-0.4, -0.2) is 39.0 Å². The molecule has 10 heterocycles. The quantitative estimate of drug-likeness (QED) is 0.148. The van der Waals surface area contributed by atoms with E-state index in [1.54, 1.807) is 0 Å². The maximum atomic E-state index is 5.56. The number of benzene rings is 8. The molecule has 528 valence electrons. The average Bonchev–Trinajstić information content (AvgIpc) is 1.55. The van der Waals surface area contributed by atoms with E-state index >= 15 is 0 Å². The van der Waals surface area contributed by atoms with Crippen LogP contribution in [0.3, 0.4) is 0 Å². The van der Waals surface area contributed by atoms with Crippen molar-refractivity contribution in [1.82, 2.24) is 39.0 Å². The summed E-state index contributed by atoms with van der Waals surface area (Å²) in [6.45, 7) is 27.0. The second-order valence-electron chi connectivity index (χ2n) is 29.6. The first-order valence-corrected chi connectivity index (χ1v) is 37.3. The topological polar surface area (TPSA) is 93.0 Å². The van der Waals surface area contributed by atoms with Crippen molar-refractivity contribution in [2.75, 3.05) is 0 Å². The number of hydrogen-bond acceptors (Lipinski definition) is 4. The molecule has 0 saturated carbocycles. The molecule has 6 aromatic heterocycles. The Kier molecular flexibility index (Phi) is 20.3. The summed E-state index contributed by atoms with van der Waals surface area (Å²) in [6.07, 6.45) is 17.1. The van der Waals surface area contributed by atoms with Crippen LogP contribution in [0.15, 0.2) is 231 Å². The van der Waals surface area contributed by atoms with Gasteiger partial charge in [-0.25, -0.2) is 19.9 Å². The first-order valence-electron chi connectivity index (χ1n) is 37.3. The van der Waals surface area contributed by atoms with Crippen LogP contribution in [0.4, 0.5) is 0 Å². The van der Waals surface area contributed by atoms with Crippen LogP contribution in [0.1, 0.15) is 112 Å². The number of H-pyrrole nitrogens is 2. The largest absolute Gasteiger partial charge is 0.355 e. The summed E-state index contributed by atoms with van der Waals surface area (Å²) >= 11 is 0. The summed E-state index contributed by atoms with van der Waals surface area (Å²) in [5, 5.41) is 0. The van der Waals surface area contributed by atoms with Crippen molar-refractivity contribution in [3.63, 3.8) is 0 Å². The molecule has 8 aromatic carbocycles. The zero-order chi connectivity index (χ0) is 74.2. The van der Waals surface area contributed by atoms with Crippen molar-refractivity contribution in [1.29, 1.82) is 0 Å². The molecule has 0 saturated heterocycles. The van der Waals surface area contributed by atoms with Gasteiger partial charge in [-0.2, -0.15) is 0 Å². The van der Waals surface area contributed by atoms with Gasteiger partial charge >= 0.3 is 0 Å². The number of aromatic nitrogens is 8. The fourth-order valence-electron chi connectivity index (χ4n) is 17.3. The Labute approximate surface area is 669 Å². The molecule has 110 heavy (non-hydrogen) atoms. The van der Waals surface area contributed by atoms with Gasteiger partial charge < -0.3 is 19.1 Å². The Balaban J connectivity index is 0.000000175. The molecule has 0 amide bonds. The van der Waals surface area contributed by atoms with Crippen molar-refractivity contribution >= 4 is 92.7 Å². The SMILES string of the molecule is C1=Cc2cc3c(-c4ccccc4)c(-c4ccccc4)c(c(-c4ccccc4)c4nc(cc5ccc(cc1n2)[nH]5)C=C4)n3-c1ccccc1.Cc1cc(C)c(-c2c(-c3c(C)cc(C)cc3C)c3c(-c4c(C)cc(C)cc4C)c4nc(cc5ccc(cc6nc(cc2n3-c2c(C)cc(C)cc2C)C=C6)[nH]5)C=C4)c(C)c1.[Zn].[Zn]. The molecule has 0 atom stereocenters. The molecule has 10 heteroatoms. The average molecular weight is 1530 g/mol. The second kappa shape index (κ2) is 30.3. The summed E-state index contributed by atoms with van der Waals surface area (Å²) in [6, 6.07) is 82.9. The monoisotopic (exact) mass is 1520 g/mol. The molecule has 16 bridgehead atoms. The van der Waals surface area contributed by atoms with E-state index in [1.165, 1.54) is 100 Å². The van der Waals surface area contributed by atoms with Crippen molar-refractivity contribution in [2.24, 2.45) is 0 Å². The van der Waals surface area contributed by atoms with Crippen molar-refractivity contribution in [2.45, 2.75) is 83.1 Å². The van der Waals surface area contributed by atoms with Crippen LogP contribution in [0, 0.1) is 83.1 Å². The van der Waals surface area contributed by atoms with Gasteiger partial charge in [-0.3, -0.25) is 0 Å². The molecule has 8 nitrogen and oxygen atoms in total. The van der Waals surface area contributed by atoms with E-state index in [-0.39, 0.29) is 39.0 Å². The van der Waals surface area contributed by atoms with E-state index in [9.17, 15) is 0 Å². The first-order chi connectivity index (χ1) is 52.4. The summed E-state index contributed by atoms with van der Waals surface area (Å²) in [4.78, 5) is 28.3. The summed E-state index contributed by atoms with van der Waals surface area (Å²) < 4.78 is 5.00. The normalized spacial score (nSPS) is 11.9. The Morgan fingerprint density at radius 2 is 0.536 bits per heavy atom. The minimum atomic E-state index is 0. The van der Waals surface area contributed by atoms with E-state index in [2.05, 4.69) is 381 Å².